The van der Waals surface area contributed by atoms with E-state index in [9.17, 15) is 14.4 Å². The highest BCUT2D eigenvalue weighted by molar-refractivity contribution is 6.05. The first-order valence-electron chi connectivity index (χ1n) is 10.9. The molecular weight excluding hydrogens is 396 g/mol. The third-order valence-electron chi connectivity index (χ3n) is 6.43. The van der Waals surface area contributed by atoms with Crippen molar-refractivity contribution in [3.05, 3.63) is 47.2 Å². The van der Waals surface area contributed by atoms with Gasteiger partial charge in [0.05, 0.1) is 12.2 Å². The van der Waals surface area contributed by atoms with Crippen LogP contribution in [-0.4, -0.2) is 51.5 Å². The molecular formula is C22H26N6O3. The van der Waals surface area contributed by atoms with Crippen LogP contribution in [0, 0.1) is 0 Å². The van der Waals surface area contributed by atoms with Gasteiger partial charge in [0.2, 0.25) is 11.8 Å². The summed E-state index contributed by atoms with van der Waals surface area (Å²) in [5, 5.41) is 13.8. The summed E-state index contributed by atoms with van der Waals surface area (Å²) in [4.78, 5) is 38.3. The number of amides is 3. The molecule has 0 aliphatic carbocycles. The van der Waals surface area contributed by atoms with Gasteiger partial charge < -0.3 is 15.5 Å². The van der Waals surface area contributed by atoms with Crippen LogP contribution in [0.25, 0.3) is 0 Å². The molecule has 1 aromatic carbocycles. The average Bonchev–Trinajstić information content (AvgIpc) is 3.38. The third-order valence-corrected chi connectivity index (χ3v) is 6.43. The van der Waals surface area contributed by atoms with Gasteiger partial charge in [-0.05, 0) is 43.0 Å². The molecule has 3 aliphatic heterocycles. The van der Waals surface area contributed by atoms with E-state index in [4.69, 9.17) is 0 Å². The molecule has 2 aromatic rings. The van der Waals surface area contributed by atoms with Crippen LogP contribution in [0.15, 0.2) is 30.5 Å². The van der Waals surface area contributed by atoms with Crippen LogP contribution in [0.4, 0.5) is 5.82 Å². The van der Waals surface area contributed by atoms with E-state index in [1.807, 2.05) is 28.9 Å². The van der Waals surface area contributed by atoms with Crippen LogP contribution < -0.4 is 16.0 Å². The van der Waals surface area contributed by atoms with Crippen LogP contribution in [0.1, 0.15) is 53.2 Å². The van der Waals surface area contributed by atoms with E-state index in [0.717, 1.165) is 42.9 Å². The number of nitrogens with zero attached hydrogens (tertiary/aromatic N) is 3. The normalized spacial score (nSPS) is 23.6. The lowest BCUT2D eigenvalue weighted by Gasteiger charge is -2.29. The maximum absolute atomic E-state index is 13.0. The largest absolute Gasteiger partial charge is 0.366 e. The summed E-state index contributed by atoms with van der Waals surface area (Å²) in [7, 11) is 0. The van der Waals surface area contributed by atoms with Crippen molar-refractivity contribution in [1.29, 1.82) is 0 Å². The number of fused-ring (bicyclic) bond motifs is 1. The number of imide groups is 1. The lowest BCUT2D eigenvalue weighted by atomic mass is 10.0. The molecule has 0 spiro atoms. The lowest BCUT2D eigenvalue weighted by molar-refractivity contribution is -0.136. The molecule has 4 heterocycles. The quantitative estimate of drug-likeness (QED) is 0.625. The number of carbonyl (C=O) groups is 3. The van der Waals surface area contributed by atoms with Gasteiger partial charge in [-0.2, -0.15) is 5.10 Å². The Morgan fingerprint density at radius 3 is 2.87 bits per heavy atom. The van der Waals surface area contributed by atoms with E-state index in [-0.39, 0.29) is 24.1 Å². The summed E-state index contributed by atoms with van der Waals surface area (Å²) in [5.41, 5.74) is 2.60. The first kappa shape index (κ1) is 19.7. The highest BCUT2D eigenvalue weighted by Crippen LogP contribution is 2.30. The minimum Gasteiger partial charge on any atom is -0.366 e. The van der Waals surface area contributed by atoms with Crippen LogP contribution in [-0.2, 0) is 22.7 Å². The Bertz CT molecular complexity index is 1030. The standard InChI is InChI=1S/C22H26N6O3/c29-20-7-6-18(21(30)26-20)27-13-17-14(3-1-5-16(17)22(27)31)11-24-19-8-10-25-28(19)15-4-2-9-23-12-15/h1,3,5,8,10,15,18,23-24H,2,4,6-7,9,11-13H2,(H,26,29,30). The van der Waals surface area contributed by atoms with Crippen molar-refractivity contribution in [1.82, 2.24) is 25.3 Å². The van der Waals surface area contributed by atoms with Gasteiger partial charge in [0.15, 0.2) is 0 Å². The summed E-state index contributed by atoms with van der Waals surface area (Å²) in [6, 6.07) is 7.40. The fourth-order valence-electron chi connectivity index (χ4n) is 4.79. The van der Waals surface area contributed by atoms with Gasteiger partial charge in [0.25, 0.3) is 5.91 Å². The highest BCUT2D eigenvalue weighted by atomic mass is 16.2. The summed E-state index contributed by atoms with van der Waals surface area (Å²) < 4.78 is 2.04. The number of anilines is 1. The second kappa shape index (κ2) is 8.14. The van der Waals surface area contributed by atoms with Gasteiger partial charge in [-0.25, -0.2) is 4.68 Å². The number of hydrogen-bond acceptors (Lipinski definition) is 6. The Morgan fingerprint density at radius 1 is 1.16 bits per heavy atom. The summed E-state index contributed by atoms with van der Waals surface area (Å²) in [6.07, 6.45) is 4.66. The van der Waals surface area contributed by atoms with Gasteiger partial charge in [-0.1, -0.05) is 12.1 Å². The molecule has 0 radical (unpaired) electrons. The van der Waals surface area contributed by atoms with Crippen molar-refractivity contribution in [3.63, 3.8) is 0 Å². The summed E-state index contributed by atoms with van der Waals surface area (Å²) in [6.45, 7) is 2.90. The van der Waals surface area contributed by atoms with Crippen molar-refractivity contribution in [2.24, 2.45) is 0 Å². The monoisotopic (exact) mass is 422 g/mol. The molecule has 0 bridgehead atoms. The van der Waals surface area contributed by atoms with E-state index in [2.05, 4.69) is 21.0 Å². The van der Waals surface area contributed by atoms with E-state index >= 15 is 0 Å². The molecule has 5 rings (SSSR count). The molecule has 162 valence electrons. The van der Waals surface area contributed by atoms with Gasteiger partial charge in [0.1, 0.15) is 11.9 Å². The predicted molar refractivity (Wildman–Crippen MR) is 113 cm³/mol. The minimum absolute atomic E-state index is 0.148. The van der Waals surface area contributed by atoms with Gasteiger partial charge in [-0.15, -0.1) is 0 Å². The van der Waals surface area contributed by atoms with Gasteiger partial charge in [-0.3, -0.25) is 19.7 Å². The first-order valence-corrected chi connectivity index (χ1v) is 10.9. The Balaban J connectivity index is 1.32. The van der Waals surface area contributed by atoms with Crippen LogP contribution in [0.3, 0.4) is 0 Å². The summed E-state index contributed by atoms with van der Waals surface area (Å²) >= 11 is 0. The van der Waals surface area contributed by atoms with Crippen LogP contribution in [0.5, 0.6) is 0 Å². The fourth-order valence-corrected chi connectivity index (χ4v) is 4.79. The number of piperidine rings is 2. The molecule has 9 nitrogen and oxygen atoms in total. The minimum atomic E-state index is -0.598. The molecule has 3 N–H and O–H groups in total. The molecule has 3 amide bonds. The van der Waals surface area contributed by atoms with E-state index < -0.39 is 6.04 Å². The smallest absolute Gasteiger partial charge is 0.255 e. The maximum atomic E-state index is 13.0. The molecule has 2 unspecified atom stereocenters. The zero-order valence-electron chi connectivity index (χ0n) is 17.3. The SMILES string of the molecule is O=C1CCC(N2Cc3c(CNc4ccnn4C4CCCNC4)cccc3C2=O)C(=O)N1. The maximum Gasteiger partial charge on any atom is 0.255 e. The Morgan fingerprint density at radius 2 is 2.06 bits per heavy atom. The van der Waals surface area contributed by atoms with Crippen molar-refractivity contribution in [3.8, 4) is 0 Å². The van der Waals surface area contributed by atoms with Crippen molar-refractivity contribution in [2.45, 2.75) is 50.9 Å². The Hall–Kier alpha value is -3.20. The number of rotatable bonds is 5. The van der Waals surface area contributed by atoms with Crippen LogP contribution in [0.2, 0.25) is 0 Å². The Kier molecular flexibility index (Phi) is 5.19. The van der Waals surface area contributed by atoms with Gasteiger partial charge in [0, 0.05) is 37.7 Å². The van der Waals surface area contributed by atoms with Crippen molar-refractivity contribution >= 4 is 23.5 Å². The number of nitrogens with one attached hydrogen (secondary N) is 3. The zero-order chi connectivity index (χ0) is 21.4. The molecule has 9 heteroatoms. The number of benzene rings is 1. The second-order valence-electron chi connectivity index (χ2n) is 8.36. The topological polar surface area (TPSA) is 108 Å². The zero-order valence-corrected chi connectivity index (χ0v) is 17.3. The van der Waals surface area contributed by atoms with Crippen LogP contribution >= 0.6 is 0 Å². The summed E-state index contributed by atoms with van der Waals surface area (Å²) in [5.74, 6) is 0.143. The van der Waals surface area contributed by atoms with Gasteiger partial charge >= 0.3 is 0 Å². The molecule has 31 heavy (non-hydrogen) atoms. The van der Waals surface area contributed by atoms with E-state index in [0.29, 0.717) is 31.1 Å². The molecule has 3 aliphatic rings. The van der Waals surface area contributed by atoms with E-state index in [1.165, 1.54) is 0 Å². The number of aromatic nitrogens is 2. The molecule has 0 saturated carbocycles. The Labute approximate surface area is 180 Å². The predicted octanol–water partition coefficient (Wildman–Crippen LogP) is 1.18. The molecule has 2 atom stereocenters. The second-order valence-corrected chi connectivity index (χ2v) is 8.36. The number of hydrogen-bond donors (Lipinski definition) is 3. The highest BCUT2D eigenvalue weighted by Gasteiger charge is 2.39. The lowest BCUT2D eigenvalue weighted by Crippen LogP contribution is -2.52. The van der Waals surface area contributed by atoms with Crippen molar-refractivity contribution < 1.29 is 14.4 Å². The number of carbonyl (C=O) groups excluding carboxylic acids is 3. The molecule has 1 aromatic heterocycles. The van der Waals surface area contributed by atoms with E-state index in [1.54, 1.807) is 11.1 Å². The fraction of sp³-hybridized carbons (Fsp3) is 0.455. The molecule has 2 fully saturated rings. The van der Waals surface area contributed by atoms with Crippen molar-refractivity contribution in [2.75, 3.05) is 18.4 Å². The molecule has 2 saturated heterocycles. The first-order chi connectivity index (χ1) is 15.1. The third kappa shape index (κ3) is 3.69. The average molecular weight is 422 g/mol.